The third kappa shape index (κ3) is 6.38. The second-order valence-corrected chi connectivity index (χ2v) is 8.77. The molecule has 0 bridgehead atoms. The van der Waals surface area contributed by atoms with Crippen LogP contribution in [-0.2, 0) is 19.4 Å². The number of aryl methyl sites for hydroxylation is 2. The molecule has 5 nitrogen and oxygen atoms in total. The molecule has 5 heteroatoms. The molecule has 1 aromatic heterocycles. The van der Waals surface area contributed by atoms with E-state index in [0.717, 1.165) is 75.0 Å². The first kappa shape index (κ1) is 22.4. The van der Waals surface area contributed by atoms with Crippen molar-refractivity contribution in [1.82, 2.24) is 20.2 Å². The molecule has 2 N–H and O–H groups in total. The summed E-state index contributed by atoms with van der Waals surface area (Å²) in [5.41, 5.74) is 4.70. The minimum atomic E-state index is 0.310. The molecule has 0 amide bonds. The van der Waals surface area contributed by atoms with Crippen LogP contribution in [0, 0.1) is 5.92 Å². The fourth-order valence-electron chi connectivity index (χ4n) is 4.42. The minimum absolute atomic E-state index is 0.310. The van der Waals surface area contributed by atoms with Gasteiger partial charge >= 0.3 is 0 Å². The van der Waals surface area contributed by atoms with Gasteiger partial charge in [0.15, 0.2) is 0 Å². The van der Waals surface area contributed by atoms with E-state index in [2.05, 4.69) is 46.4 Å². The molecule has 32 heavy (non-hydrogen) atoms. The smallest absolute Gasteiger partial charge is 0.128 e. The summed E-state index contributed by atoms with van der Waals surface area (Å²) in [6.07, 6.45) is 5.93. The van der Waals surface area contributed by atoms with E-state index in [1.165, 1.54) is 17.5 Å². The van der Waals surface area contributed by atoms with E-state index in [-0.39, 0.29) is 0 Å². The molecule has 3 aromatic rings. The molecule has 0 aliphatic carbocycles. The lowest BCUT2D eigenvalue weighted by Crippen LogP contribution is -2.30. The van der Waals surface area contributed by atoms with Crippen molar-refractivity contribution in [3.63, 3.8) is 0 Å². The van der Waals surface area contributed by atoms with Crippen LogP contribution in [0.25, 0.3) is 11.3 Å². The van der Waals surface area contributed by atoms with Crippen LogP contribution in [0.1, 0.15) is 36.7 Å². The highest BCUT2D eigenvalue weighted by Gasteiger charge is 2.17. The summed E-state index contributed by atoms with van der Waals surface area (Å²) in [5, 5.41) is 12.9. The molecule has 1 aliphatic rings. The average Bonchev–Trinajstić information content (AvgIpc) is 3.33. The van der Waals surface area contributed by atoms with Crippen molar-refractivity contribution < 1.29 is 5.11 Å². The summed E-state index contributed by atoms with van der Waals surface area (Å²) in [6, 6.07) is 18.2. The van der Waals surface area contributed by atoms with Crippen LogP contribution in [0.5, 0.6) is 5.75 Å². The Hall–Kier alpha value is -2.76. The van der Waals surface area contributed by atoms with Crippen molar-refractivity contribution in [2.24, 2.45) is 5.92 Å². The van der Waals surface area contributed by atoms with Crippen LogP contribution >= 0.6 is 0 Å². The van der Waals surface area contributed by atoms with Crippen LogP contribution in [0.3, 0.4) is 0 Å². The Morgan fingerprint density at radius 2 is 1.94 bits per heavy atom. The monoisotopic (exact) mass is 430 g/mol. The number of phenols is 1. The molecule has 0 spiro atoms. The number of phenolic OH excluding ortho intramolecular Hbond substituents is 1. The highest BCUT2D eigenvalue weighted by molar-refractivity contribution is 5.59. The first-order valence-electron chi connectivity index (χ1n) is 11.8. The molecular weight excluding hydrogens is 396 g/mol. The van der Waals surface area contributed by atoms with Gasteiger partial charge in [-0.3, -0.25) is 4.90 Å². The summed E-state index contributed by atoms with van der Waals surface area (Å²) in [7, 11) is 0. The predicted octanol–water partition coefficient (Wildman–Crippen LogP) is 4.46. The molecule has 1 fully saturated rings. The van der Waals surface area contributed by atoms with Gasteiger partial charge in [0.2, 0.25) is 0 Å². The van der Waals surface area contributed by atoms with Crippen LogP contribution in [-0.4, -0.2) is 46.2 Å². The van der Waals surface area contributed by atoms with Gasteiger partial charge in [0.05, 0.1) is 5.69 Å². The Morgan fingerprint density at radius 1 is 1.06 bits per heavy atom. The van der Waals surface area contributed by atoms with Crippen molar-refractivity contribution in [3.05, 3.63) is 77.7 Å². The first-order valence-corrected chi connectivity index (χ1v) is 11.8. The number of rotatable bonds is 10. The molecule has 0 radical (unpaired) electrons. The molecule has 1 atom stereocenters. The lowest BCUT2D eigenvalue weighted by atomic mass is 10.1. The first-order chi connectivity index (χ1) is 15.7. The second kappa shape index (κ2) is 11.2. The van der Waals surface area contributed by atoms with Crippen molar-refractivity contribution in [1.29, 1.82) is 0 Å². The molecule has 0 unspecified atom stereocenters. The fraction of sp³-hybridized carbons (Fsp3) is 0.407. The standard InChI is InChI=1S/C27H34N4O/c1-2-31(20-23-13-15-28-18-23)19-22-6-3-7-24(17-22)26-14-16-29-27(30-26)8-4-5-21-9-11-25(32)12-10-21/h3,6-7,9-12,14,16-17,23,28,32H,2,4-5,8,13,15,18-20H2,1H3/t23-/m0/s1. The number of nitrogens with zero attached hydrogens (tertiary/aromatic N) is 3. The van der Waals surface area contributed by atoms with E-state index in [1.807, 2.05) is 24.4 Å². The maximum absolute atomic E-state index is 9.42. The summed E-state index contributed by atoms with van der Waals surface area (Å²) in [6.45, 7) is 7.76. The van der Waals surface area contributed by atoms with E-state index < -0.39 is 0 Å². The number of nitrogens with one attached hydrogen (secondary N) is 1. The molecule has 2 heterocycles. The van der Waals surface area contributed by atoms with Gasteiger partial charge in [-0.05, 0) is 80.2 Å². The van der Waals surface area contributed by atoms with Crippen LogP contribution in [0.2, 0.25) is 0 Å². The van der Waals surface area contributed by atoms with E-state index in [4.69, 9.17) is 4.98 Å². The second-order valence-electron chi connectivity index (χ2n) is 8.77. The average molecular weight is 431 g/mol. The van der Waals surface area contributed by atoms with Crippen molar-refractivity contribution >= 4 is 0 Å². The topological polar surface area (TPSA) is 61.3 Å². The van der Waals surface area contributed by atoms with Gasteiger partial charge in [-0.15, -0.1) is 0 Å². The Morgan fingerprint density at radius 3 is 2.72 bits per heavy atom. The zero-order valence-electron chi connectivity index (χ0n) is 19.0. The van der Waals surface area contributed by atoms with Gasteiger partial charge < -0.3 is 10.4 Å². The Balaban J connectivity index is 1.37. The van der Waals surface area contributed by atoms with E-state index in [0.29, 0.717) is 5.75 Å². The van der Waals surface area contributed by atoms with E-state index >= 15 is 0 Å². The van der Waals surface area contributed by atoms with Crippen LogP contribution in [0.15, 0.2) is 60.8 Å². The number of aromatic hydroxyl groups is 1. The van der Waals surface area contributed by atoms with Crippen molar-refractivity contribution in [3.8, 4) is 17.0 Å². The molecule has 1 saturated heterocycles. The van der Waals surface area contributed by atoms with Gasteiger partial charge in [-0.25, -0.2) is 9.97 Å². The minimum Gasteiger partial charge on any atom is -0.508 e. The van der Waals surface area contributed by atoms with Crippen molar-refractivity contribution in [2.75, 3.05) is 26.2 Å². The van der Waals surface area contributed by atoms with Gasteiger partial charge in [-0.2, -0.15) is 0 Å². The number of hydrogen-bond acceptors (Lipinski definition) is 5. The van der Waals surface area contributed by atoms with Gasteiger partial charge in [0.25, 0.3) is 0 Å². The SMILES string of the molecule is CCN(Cc1cccc(-c2ccnc(CCCc3ccc(O)cc3)n2)c1)C[C@H]1CCNC1. The highest BCUT2D eigenvalue weighted by Crippen LogP contribution is 2.20. The lowest BCUT2D eigenvalue weighted by molar-refractivity contribution is 0.240. The summed E-state index contributed by atoms with van der Waals surface area (Å²) in [4.78, 5) is 11.9. The van der Waals surface area contributed by atoms with Gasteiger partial charge in [0.1, 0.15) is 11.6 Å². The zero-order chi connectivity index (χ0) is 22.2. The Kier molecular flexibility index (Phi) is 7.86. The third-order valence-corrected chi connectivity index (χ3v) is 6.26. The maximum Gasteiger partial charge on any atom is 0.128 e. The normalized spacial score (nSPS) is 16.0. The fourth-order valence-corrected chi connectivity index (χ4v) is 4.42. The maximum atomic E-state index is 9.42. The number of aromatic nitrogens is 2. The van der Waals surface area contributed by atoms with Crippen LogP contribution in [0.4, 0.5) is 0 Å². The molecule has 1 aliphatic heterocycles. The third-order valence-electron chi connectivity index (χ3n) is 6.26. The molecule has 2 aromatic carbocycles. The highest BCUT2D eigenvalue weighted by atomic mass is 16.3. The largest absolute Gasteiger partial charge is 0.508 e. The summed E-state index contributed by atoms with van der Waals surface area (Å²) >= 11 is 0. The lowest BCUT2D eigenvalue weighted by Gasteiger charge is -2.24. The molecule has 168 valence electrons. The summed E-state index contributed by atoms with van der Waals surface area (Å²) in [5.74, 6) is 1.96. The summed E-state index contributed by atoms with van der Waals surface area (Å²) < 4.78 is 0. The number of benzene rings is 2. The van der Waals surface area contributed by atoms with Gasteiger partial charge in [0, 0.05) is 31.3 Å². The molecule has 4 rings (SSSR count). The Labute approximate surface area is 191 Å². The predicted molar refractivity (Wildman–Crippen MR) is 130 cm³/mol. The number of hydrogen-bond donors (Lipinski definition) is 2. The molecular formula is C27H34N4O. The zero-order valence-corrected chi connectivity index (χ0v) is 19.0. The van der Waals surface area contributed by atoms with Crippen LogP contribution < -0.4 is 5.32 Å². The quantitative estimate of drug-likeness (QED) is 0.497. The molecule has 0 saturated carbocycles. The van der Waals surface area contributed by atoms with E-state index in [9.17, 15) is 5.11 Å². The Bertz CT molecular complexity index is 983. The van der Waals surface area contributed by atoms with Gasteiger partial charge in [-0.1, -0.05) is 37.3 Å². The van der Waals surface area contributed by atoms with E-state index in [1.54, 1.807) is 12.1 Å². The van der Waals surface area contributed by atoms with Crippen molar-refractivity contribution in [2.45, 2.75) is 39.2 Å².